The molecular weight excluding hydrogens is 296 g/mol. The average molecular weight is 316 g/mol. The molecular formula is C16H20N4O3. The molecule has 0 spiro atoms. The van der Waals surface area contributed by atoms with E-state index in [9.17, 15) is 9.59 Å². The number of aromatic nitrogens is 2. The van der Waals surface area contributed by atoms with Crippen molar-refractivity contribution in [3.63, 3.8) is 0 Å². The minimum absolute atomic E-state index is 0.0911. The highest BCUT2D eigenvalue weighted by Crippen LogP contribution is 2.20. The highest BCUT2D eigenvalue weighted by atomic mass is 16.5. The Morgan fingerprint density at radius 1 is 1.48 bits per heavy atom. The number of hydrogen-bond donors (Lipinski definition) is 1. The Labute approximate surface area is 134 Å². The third kappa shape index (κ3) is 2.78. The van der Waals surface area contributed by atoms with Gasteiger partial charge in [-0.05, 0) is 25.3 Å². The van der Waals surface area contributed by atoms with E-state index in [2.05, 4.69) is 15.5 Å². The van der Waals surface area contributed by atoms with Crippen molar-refractivity contribution in [1.29, 1.82) is 0 Å². The van der Waals surface area contributed by atoms with Gasteiger partial charge in [0, 0.05) is 19.3 Å². The highest BCUT2D eigenvalue weighted by Gasteiger charge is 2.31. The molecule has 0 aliphatic carbocycles. The van der Waals surface area contributed by atoms with Crippen molar-refractivity contribution in [2.24, 2.45) is 0 Å². The molecule has 23 heavy (non-hydrogen) atoms. The Balaban J connectivity index is 1.96. The van der Waals surface area contributed by atoms with Crippen LogP contribution >= 0.6 is 0 Å². The highest BCUT2D eigenvalue weighted by molar-refractivity contribution is 5.99. The van der Waals surface area contributed by atoms with Crippen molar-refractivity contribution in [3.05, 3.63) is 23.5 Å². The lowest BCUT2D eigenvalue weighted by atomic mass is 10.1. The van der Waals surface area contributed by atoms with Crippen LogP contribution in [-0.2, 0) is 11.2 Å². The first-order chi connectivity index (χ1) is 11.2. The van der Waals surface area contributed by atoms with E-state index in [-0.39, 0.29) is 11.8 Å². The quantitative estimate of drug-likeness (QED) is 0.927. The summed E-state index contributed by atoms with van der Waals surface area (Å²) in [7, 11) is 0. The number of pyridine rings is 1. The zero-order chi connectivity index (χ0) is 16.4. The normalized spacial score (nSPS) is 18.8. The standard InChI is InChI=1S/C16H20N4O3/c1-3-12-11-8-10(9-18-15(11)23-19-12)16(22)20-7-5-6-17-14(21)13(20)4-2/h8-9,13H,3-7H2,1-2H3,(H,17,21)/t13-/m0/s1. The zero-order valence-electron chi connectivity index (χ0n) is 13.3. The molecule has 2 amide bonds. The number of nitrogens with zero attached hydrogens (tertiary/aromatic N) is 3. The molecule has 7 heteroatoms. The molecule has 1 saturated heterocycles. The lowest BCUT2D eigenvalue weighted by Gasteiger charge is -2.27. The Morgan fingerprint density at radius 2 is 2.30 bits per heavy atom. The maximum atomic E-state index is 12.9. The van der Waals surface area contributed by atoms with Gasteiger partial charge in [-0.2, -0.15) is 0 Å². The van der Waals surface area contributed by atoms with E-state index in [0.29, 0.717) is 37.2 Å². The lowest BCUT2D eigenvalue weighted by Crippen LogP contribution is -2.46. The smallest absolute Gasteiger partial charge is 0.257 e. The number of hydrogen-bond acceptors (Lipinski definition) is 5. The predicted octanol–water partition coefficient (Wildman–Crippen LogP) is 1.53. The molecule has 1 aliphatic rings. The van der Waals surface area contributed by atoms with Crippen LogP contribution in [0.2, 0.25) is 0 Å². The SMILES string of the molecule is CCc1noc2ncc(C(=O)N3CCCNC(=O)[C@@H]3CC)cc12. The van der Waals surface area contributed by atoms with Crippen molar-refractivity contribution in [3.8, 4) is 0 Å². The van der Waals surface area contributed by atoms with E-state index in [1.165, 1.54) is 6.20 Å². The first-order valence-corrected chi connectivity index (χ1v) is 7.98. The summed E-state index contributed by atoms with van der Waals surface area (Å²) in [4.78, 5) is 30.8. The fourth-order valence-electron chi connectivity index (χ4n) is 2.94. The van der Waals surface area contributed by atoms with Crippen LogP contribution in [0, 0.1) is 0 Å². The van der Waals surface area contributed by atoms with E-state index in [0.717, 1.165) is 17.5 Å². The van der Waals surface area contributed by atoms with Gasteiger partial charge < -0.3 is 14.7 Å². The Bertz CT molecular complexity index is 740. The van der Waals surface area contributed by atoms with Gasteiger partial charge in [0.25, 0.3) is 11.6 Å². The van der Waals surface area contributed by atoms with E-state index in [1.807, 2.05) is 13.8 Å². The Morgan fingerprint density at radius 3 is 3.04 bits per heavy atom. The van der Waals surface area contributed by atoms with Crippen LogP contribution in [0.25, 0.3) is 11.1 Å². The van der Waals surface area contributed by atoms with Crippen LogP contribution in [0.3, 0.4) is 0 Å². The molecule has 1 fully saturated rings. The van der Waals surface area contributed by atoms with Crippen LogP contribution in [0.1, 0.15) is 42.7 Å². The second-order valence-electron chi connectivity index (χ2n) is 5.63. The van der Waals surface area contributed by atoms with Crippen molar-refractivity contribution >= 4 is 22.9 Å². The third-order valence-electron chi connectivity index (χ3n) is 4.19. The molecule has 0 radical (unpaired) electrons. The van der Waals surface area contributed by atoms with Gasteiger partial charge in [0.15, 0.2) is 0 Å². The van der Waals surface area contributed by atoms with Crippen LogP contribution in [0.15, 0.2) is 16.8 Å². The number of fused-ring (bicyclic) bond motifs is 1. The summed E-state index contributed by atoms with van der Waals surface area (Å²) in [6.07, 6.45) is 3.53. The van der Waals surface area contributed by atoms with E-state index < -0.39 is 6.04 Å². The fourth-order valence-corrected chi connectivity index (χ4v) is 2.94. The maximum absolute atomic E-state index is 12.9. The molecule has 3 rings (SSSR count). The average Bonchev–Trinajstić information content (AvgIpc) is 2.89. The molecule has 2 aromatic rings. The monoisotopic (exact) mass is 316 g/mol. The summed E-state index contributed by atoms with van der Waals surface area (Å²) < 4.78 is 5.15. The van der Waals surface area contributed by atoms with Crippen molar-refractivity contribution in [1.82, 2.24) is 20.4 Å². The van der Waals surface area contributed by atoms with Gasteiger partial charge in [-0.3, -0.25) is 9.59 Å². The summed E-state index contributed by atoms with van der Waals surface area (Å²) in [6, 6.07) is 1.32. The Hall–Kier alpha value is -2.44. The van der Waals surface area contributed by atoms with Gasteiger partial charge in [-0.15, -0.1) is 0 Å². The largest absolute Gasteiger partial charge is 0.354 e. The summed E-state index contributed by atoms with van der Waals surface area (Å²) in [6.45, 7) is 5.03. The second kappa shape index (κ2) is 6.36. The van der Waals surface area contributed by atoms with Crippen LogP contribution in [0.5, 0.6) is 0 Å². The maximum Gasteiger partial charge on any atom is 0.257 e. The summed E-state index contributed by atoms with van der Waals surface area (Å²) >= 11 is 0. The third-order valence-corrected chi connectivity index (χ3v) is 4.19. The van der Waals surface area contributed by atoms with Crippen LogP contribution in [0.4, 0.5) is 0 Å². The molecule has 0 saturated carbocycles. The van der Waals surface area contributed by atoms with Crippen molar-refractivity contribution < 1.29 is 14.1 Å². The number of rotatable bonds is 3. The first-order valence-electron chi connectivity index (χ1n) is 7.98. The van der Waals surface area contributed by atoms with E-state index in [4.69, 9.17) is 4.52 Å². The topological polar surface area (TPSA) is 88.3 Å². The molecule has 0 unspecified atom stereocenters. The van der Waals surface area contributed by atoms with Crippen LogP contribution in [-0.4, -0.2) is 46.0 Å². The van der Waals surface area contributed by atoms with Gasteiger partial charge in [0.05, 0.1) is 16.6 Å². The summed E-state index contributed by atoms with van der Waals surface area (Å²) in [5, 5.41) is 7.57. The summed E-state index contributed by atoms with van der Waals surface area (Å²) in [5.74, 6) is -0.266. The lowest BCUT2D eigenvalue weighted by molar-refractivity contribution is -0.124. The molecule has 1 aliphatic heterocycles. The molecule has 0 bridgehead atoms. The van der Waals surface area contributed by atoms with Gasteiger partial charge >= 0.3 is 0 Å². The minimum Gasteiger partial charge on any atom is -0.354 e. The number of amides is 2. The Kier molecular flexibility index (Phi) is 4.27. The number of aryl methyl sites for hydroxylation is 1. The molecule has 1 N–H and O–H groups in total. The van der Waals surface area contributed by atoms with Crippen LogP contribution < -0.4 is 5.32 Å². The number of nitrogens with one attached hydrogen (secondary N) is 1. The van der Waals surface area contributed by atoms with E-state index in [1.54, 1.807) is 11.0 Å². The van der Waals surface area contributed by atoms with Gasteiger partial charge in [0.1, 0.15) is 6.04 Å². The molecule has 7 nitrogen and oxygen atoms in total. The molecule has 3 heterocycles. The molecule has 1 atom stereocenters. The molecule has 0 aromatic carbocycles. The van der Waals surface area contributed by atoms with E-state index >= 15 is 0 Å². The van der Waals surface area contributed by atoms with Crippen molar-refractivity contribution in [2.45, 2.75) is 39.2 Å². The first kappa shape index (κ1) is 15.5. The zero-order valence-corrected chi connectivity index (χ0v) is 13.3. The summed E-state index contributed by atoms with van der Waals surface area (Å²) in [5.41, 5.74) is 1.67. The van der Waals surface area contributed by atoms with Crippen molar-refractivity contribution in [2.75, 3.05) is 13.1 Å². The molecule has 122 valence electrons. The minimum atomic E-state index is -0.436. The number of carbonyl (C=O) groups excluding carboxylic acids is 2. The van der Waals surface area contributed by atoms with Gasteiger partial charge in [-0.1, -0.05) is 19.0 Å². The fraction of sp³-hybridized carbons (Fsp3) is 0.500. The predicted molar refractivity (Wildman–Crippen MR) is 83.9 cm³/mol. The van der Waals surface area contributed by atoms with Gasteiger partial charge in [-0.25, -0.2) is 4.98 Å². The number of carbonyl (C=O) groups is 2. The second-order valence-corrected chi connectivity index (χ2v) is 5.63. The molecule has 2 aromatic heterocycles. The van der Waals surface area contributed by atoms with Gasteiger partial charge in [0.2, 0.25) is 5.91 Å².